The molecule has 5 nitrogen and oxygen atoms in total. The van der Waals surface area contributed by atoms with Gasteiger partial charge in [-0.3, -0.25) is 0 Å². The minimum Gasteiger partial charge on any atom is -0.497 e. The lowest BCUT2D eigenvalue weighted by Crippen LogP contribution is -2.20. The number of anilines is 1. The average Bonchev–Trinajstić information content (AvgIpc) is 3.16. The SMILES string of the molecule is COc1ccc(C(=O)O)c(NCC2(CO)CC2)c1. The van der Waals surface area contributed by atoms with Crippen LogP contribution in [0.3, 0.4) is 0 Å². The lowest BCUT2D eigenvalue weighted by atomic mass is 10.1. The smallest absolute Gasteiger partial charge is 0.337 e. The van der Waals surface area contributed by atoms with E-state index in [2.05, 4.69) is 5.32 Å². The van der Waals surface area contributed by atoms with Gasteiger partial charge in [0, 0.05) is 18.0 Å². The normalized spacial score (nSPS) is 16.1. The van der Waals surface area contributed by atoms with Gasteiger partial charge >= 0.3 is 5.97 Å². The maximum absolute atomic E-state index is 11.1. The van der Waals surface area contributed by atoms with Gasteiger partial charge in [-0.05, 0) is 25.0 Å². The molecule has 0 spiro atoms. The summed E-state index contributed by atoms with van der Waals surface area (Å²) in [6.45, 7) is 0.712. The van der Waals surface area contributed by atoms with Gasteiger partial charge in [0.2, 0.25) is 0 Å². The summed E-state index contributed by atoms with van der Waals surface area (Å²) >= 11 is 0. The fourth-order valence-electron chi connectivity index (χ4n) is 1.83. The molecular formula is C13H17NO4. The van der Waals surface area contributed by atoms with Crippen LogP contribution in [-0.4, -0.2) is 36.4 Å². The largest absolute Gasteiger partial charge is 0.497 e. The van der Waals surface area contributed by atoms with E-state index in [1.54, 1.807) is 12.1 Å². The molecule has 2 rings (SSSR count). The topological polar surface area (TPSA) is 78.8 Å². The number of ether oxygens (including phenoxy) is 1. The van der Waals surface area contributed by atoms with Crippen LogP contribution in [0, 0.1) is 5.41 Å². The summed E-state index contributed by atoms with van der Waals surface area (Å²) in [6, 6.07) is 4.80. The maximum Gasteiger partial charge on any atom is 0.337 e. The summed E-state index contributed by atoms with van der Waals surface area (Å²) in [4.78, 5) is 11.1. The highest BCUT2D eigenvalue weighted by Crippen LogP contribution is 2.45. The molecule has 1 saturated carbocycles. The number of hydrogen-bond donors (Lipinski definition) is 3. The Kier molecular flexibility index (Phi) is 3.43. The Labute approximate surface area is 105 Å². The second-order valence-corrected chi connectivity index (χ2v) is 4.73. The minimum atomic E-state index is -0.978. The van der Waals surface area contributed by atoms with Crippen molar-refractivity contribution in [1.29, 1.82) is 0 Å². The summed E-state index contributed by atoms with van der Waals surface area (Å²) < 4.78 is 5.08. The highest BCUT2D eigenvalue weighted by molar-refractivity contribution is 5.94. The van der Waals surface area contributed by atoms with Gasteiger partial charge in [-0.2, -0.15) is 0 Å². The van der Waals surface area contributed by atoms with Gasteiger partial charge < -0.3 is 20.3 Å². The van der Waals surface area contributed by atoms with E-state index in [0.29, 0.717) is 18.0 Å². The molecule has 0 bridgehead atoms. The maximum atomic E-state index is 11.1. The average molecular weight is 251 g/mol. The van der Waals surface area contributed by atoms with Crippen LogP contribution in [0.4, 0.5) is 5.69 Å². The number of carboxylic acid groups (broad SMARTS) is 1. The minimum absolute atomic E-state index is 0.0706. The molecule has 0 saturated heterocycles. The number of hydrogen-bond acceptors (Lipinski definition) is 4. The highest BCUT2D eigenvalue weighted by Gasteiger charge is 2.41. The van der Waals surface area contributed by atoms with Gasteiger partial charge in [0.05, 0.1) is 25.0 Å². The van der Waals surface area contributed by atoms with Gasteiger partial charge in [0.15, 0.2) is 0 Å². The first-order chi connectivity index (χ1) is 8.60. The summed E-state index contributed by atoms with van der Waals surface area (Å²) in [6.07, 6.45) is 1.95. The molecular weight excluding hydrogens is 234 g/mol. The number of aliphatic hydroxyl groups excluding tert-OH is 1. The van der Waals surface area contributed by atoms with Crippen molar-refractivity contribution in [1.82, 2.24) is 0 Å². The molecule has 1 aliphatic carbocycles. The number of carboxylic acids is 1. The highest BCUT2D eigenvalue weighted by atomic mass is 16.5. The zero-order valence-electron chi connectivity index (χ0n) is 10.3. The number of nitrogens with one attached hydrogen (secondary N) is 1. The molecule has 18 heavy (non-hydrogen) atoms. The third-order valence-electron chi connectivity index (χ3n) is 3.40. The number of aromatic carboxylic acids is 1. The van der Waals surface area contributed by atoms with Gasteiger partial charge in [-0.15, -0.1) is 0 Å². The number of carbonyl (C=O) groups is 1. The first-order valence-corrected chi connectivity index (χ1v) is 5.86. The van der Waals surface area contributed by atoms with Crippen LogP contribution >= 0.6 is 0 Å². The Hall–Kier alpha value is -1.75. The van der Waals surface area contributed by atoms with Gasteiger partial charge in [0.25, 0.3) is 0 Å². The van der Waals surface area contributed by atoms with E-state index < -0.39 is 5.97 Å². The third kappa shape index (κ3) is 2.56. The second kappa shape index (κ2) is 4.86. The van der Waals surface area contributed by atoms with Gasteiger partial charge in [-0.1, -0.05) is 0 Å². The third-order valence-corrected chi connectivity index (χ3v) is 3.40. The van der Waals surface area contributed by atoms with Gasteiger partial charge in [-0.25, -0.2) is 4.79 Å². The first-order valence-electron chi connectivity index (χ1n) is 5.86. The molecule has 0 radical (unpaired) electrons. The molecule has 1 aromatic rings. The van der Waals surface area contributed by atoms with Crippen LogP contribution in [0.15, 0.2) is 18.2 Å². The van der Waals surface area contributed by atoms with Crippen molar-refractivity contribution in [2.45, 2.75) is 12.8 Å². The van der Waals surface area contributed by atoms with Crippen LogP contribution in [0.1, 0.15) is 23.2 Å². The monoisotopic (exact) mass is 251 g/mol. The Morgan fingerprint density at radius 2 is 2.22 bits per heavy atom. The van der Waals surface area contributed by atoms with Crippen LogP contribution in [0.2, 0.25) is 0 Å². The molecule has 98 valence electrons. The Balaban J connectivity index is 2.16. The molecule has 0 amide bonds. The second-order valence-electron chi connectivity index (χ2n) is 4.73. The van der Waals surface area contributed by atoms with E-state index in [0.717, 1.165) is 12.8 Å². The number of benzene rings is 1. The van der Waals surface area contributed by atoms with Crippen LogP contribution in [0.25, 0.3) is 0 Å². The zero-order valence-corrected chi connectivity index (χ0v) is 10.3. The summed E-state index contributed by atoms with van der Waals surface area (Å²) in [5.74, 6) is -0.370. The van der Waals surface area contributed by atoms with Gasteiger partial charge in [0.1, 0.15) is 5.75 Å². The number of methoxy groups -OCH3 is 1. The van der Waals surface area contributed by atoms with Crippen LogP contribution < -0.4 is 10.1 Å². The Morgan fingerprint density at radius 1 is 1.50 bits per heavy atom. The van der Waals surface area contributed by atoms with E-state index >= 15 is 0 Å². The Morgan fingerprint density at radius 3 is 2.72 bits per heavy atom. The fourth-order valence-corrected chi connectivity index (χ4v) is 1.83. The zero-order chi connectivity index (χ0) is 13.2. The molecule has 0 aliphatic heterocycles. The molecule has 0 unspecified atom stereocenters. The van der Waals surface area contributed by atoms with E-state index in [9.17, 15) is 9.90 Å². The predicted octanol–water partition coefficient (Wildman–Crippen LogP) is 1.58. The van der Waals surface area contributed by atoms with E-state index in [4.69, 9.17) is 9.84 Å². The molecule has 0 atom stereocenters. The van der Waals surface area contributed by atoms with E-state index in [-0.39, 0.29) is 17.6 Å². The van der Waals surface area contributed by atoms with E-state index in [1.807, 2.05) is 0 Å². The number of aliphatic hydroxyl groups is 1. The van der Waals surface area contributed by atoms with Crippen molar-refractivity contribution in [3.63, 3.8) is 0 Å². The molecule has 1 aromatic carbocycles. The summed E-state index contributed by atoms with van der Waals surface area (Å²) in [5, 5.41) is 21.4. The Bertz CT molecular complexity index is 454. The molecule has 0 heterocycles. The lowest BCUT2D eigenvalue weighted by molar-refractivity contribution is 0.0698. The predicted molar refractivity (Wildman–Crippen MR) is 67.2 cm³/mol. The summed E-state index contributed by atoms with van der Waals surface area (Å²) in [5.41, 5.74) is 0.671. The van der Waals surface area contributed by atoms with Crippen LogP contribution in [-0.2, 0) is 0 Å². The van der Waals surface area contributed by atoms with Crippen molar-refractivity contribution in [3.8, 4) is 5.75 Å². The van der Waals surface area contributed by atoms with Crippen molar-refractivity contribution < 1.29 is 19.7 Å². The quantitative estimate of drug-likeness (QED) is 0.715. The molecule has 5 heteroatoms. The van der Waals surface area contributed by atoms with Crippen molar-refractivity contribution in [2.24, 2.45) is 5.41 Å². The molecule has 1 aliphatic rings. The molecule has 0 aromatic heterocycles. The van der Waals surface area contributed by atoms with Crippen molar-refractivity contribution in [2.75, 3.05) is 25.6 Å². The molecule has 3 N–H and O–H groups in total. The fraction of sp³-hybridized carbons (Fsp3) is 0.462. The standard InChI is InChI=1S/C13H17NO4/c1-18-9-2-3-10(12(16)17)11(6-9)14-7-13(8-15)4-5-13/h2-3,6,14-15H,4-5,7-8H2,1H3,(H,16,17). The first kappa shape index (κ1) is 12.7. The van der Waals surface area contributed by atoms with Crippen molar-refractivity contribution >= 4 is 11.7 Å². The molecule has 1 fully saturated rings. The van der Waals surface area contributed by atoms with Crippen LogP contribution in [0.5, 0.6) is 5.75 Å². The summed E-state index contributed by atoms with van der Waals surface area (Å²) in [7, 11) is 1.54. The van der Waals surface area contributed by atoms with Crippen molar-refractivity contribution in [3.05, 3.63) is 23.8 Å². The van der Waals surface area contributed by atoms with E-state index in [1.165, 1.54) is 13.2 Å². The lowest BCUT2D eigenvalue weighted by Gasteiger charge is -2.16. The number of rotatable bonds is 6.